The lowest BCUT2D eigenvalue weighted by atomic mass is 9.89. The zero-order valence-electron chi connectivity index (χ0n) is 16.0. The zero-order chi connectivity index (χ0) is 21.1. The summed E-state index contributed by atoms with van der Waals surface area (Å²) in [6, 6.07) is 4.69. The second-order valence-corrected chi connectivity index (χ2v) is 7.79. The van der Waals surface area contributed by atoms with Crippen LogP contribution in [0.3, 0.4) is 0 Å². The number of carbonyl (C=O) groups is 2. The van der Waals surface area contributed by atoms with E-state index in [1.165, 1.54) is 25.0 Å². The quantitative estimate of drug-likeness (QED) is 0.774. The molecule has 1 heterocycles. The molecule has 6 nitrogen and oxygen atoms in total. The molecule has 2 amide bonds. The normalized spacial score (nSPS) is 19.8. The molecular weight excluding hydrogens is 389 g/mol. The monoisotopic (exact) mass is 414 g/mol. The highest BCUT2D eigenvalue weighted by Gasteiger charge is 2.40. The Morgan fingerprint density at radius 1 is 1.14 bits per heavy atom. The van der Waals surface area contributed by atoms with Crippen LogP contribution in [0.15, 0.2) is 24.3 Å². The Morgan fingerprint density at radius 3 is 2.28 bits per heavy atom. The van der Waals surface area contributed by atoms with E-state index in [0.717, 1.165) is 25.0 Å². The van der Waals surface area contributed by atoms with Crippen molar-refractivity contribution in [3.05, 3.63) is 24.3 Å². The number of hydrogen-bond donors (Lipinski definition) is 2. The smallest absolute Gasteiger partial charge is 0.406 e. The van der Waals surface area contributed by atoms with Crippen LogP contribution in [0.2, 0.25) is 0 Å². The van der Waals surface area contributed by atoms with Crippen molar-refractivity contribution in [2.24, 2.45) is 5.92 Å². The number of amides is 2. The number of anilines is 1. The van der Waals surface area contributed by atoms with Crippen molar-refractivity contribution in [1.82, 2.24) is 4.90 Å². The predicted molar refractivity (Wildman–Crippen MR) is 99.1 cm³/mol. The van der Waals surface area contributed by atoms with Crippen molar-refractivity contribution in [3.8, 4) is 5.75 Å². The molecule has 160 valence electrons. The van der Waals surface area contributed by atoms with Crippen LogP contribution < -0.4 is 10.1 Å². The lowest BCUT2D eigenvalue weighted by molar-refractivity contribution is -0.274. The summed E-state index contributed by atoms with van der Waals surface area (Å²) in [5.41, 5.74) is -1.37. The van der Waals surface area contributed by atoms with Crippen molar-refractivity contribution in [2.75, 3.05) is 18.4 Å². The van der Waals surface area contributed by atoms with E-state index in [0.29, 0.717) is 25.4 Å². The molecule has 1 aliphatic carbocycles. The summed E-state index contributed by atoms with van der Waals surface area (Å²) in [6.45, 7) is 0.599. The molecule has 2 N–H and O–H groups in total. The van der Waals surface area contributed by atoms with E-state index in [9.17, 15) is 27.9 Å². The molecule has 3 rings (SSSR count). The fourth-order valence-electron chi connectivity index (χ4n) is 3.93. The van der Waals surface area contributed by atoms with Crippen LogP contribution in [-0.2, 0) is 9.59 Å². The van der Waals surface area contributed by atoms with Crippen LogP contribution >= 0.6 is 0 Å². The molecular formula is C20H25F3N2O4. The summed E-state index contributed by atoms with van der Waals surface area (Å²) in [5.74, 6) is -0.524. The highest BCUT2D eigenvalue weighted by Crippen LogP contribution is 2.30. The van der Waals surface area contributed by atoms with E-state index in [-0.39, 0.29) is 24.4 Å². The number of aliphatic hydroxyl groups is 1. The number of rotatable bonds is 5. The highest BCUT2D eigenvalue weighted by atomic mass is 19.4. The number of likely N-dealkylation sites (tertiary alicyclic amines) is 1. The van der Waals surface area contributed by atoms with E-state index in [1.54, 1.807) is 4.90 Å². The van der Waals surface area contributed by atoms with Gasteiger partial charge in [-0.05, 0) is 43.0 Å². The van der Waals surface area contributed by atoms with Crippen LogP contribution in [0.4, 0.5) is 18.9 Å². The first-order valence-corrected chi connectivity index (χ1v) is 9.82. The predicted octanol–water partition coefficient (Wildman–Crippen LogP) is 3.46. The topological polar surface area (TPSA) is 78.9 Å². The lowest BCUT2D eigenvalue weighted by Gasteiger charge is -2.37. The lowest BCUT2D eigenvalue weighted by Crippen LogP contribution is -2.53. The van der Waals surface area contributed by atoms with Gasteiger partial charge in [-0.1, -0.05) is 12.8 Å². The van der Waals surface area contributed by atoms with Crippen molar-refractivity contribution in [2.45, 2.75) is 56.9 Å². The molecule has 0 aromatic heterocycles. The van der Waals surface area contributed by atoms with E-state index >= 15 is 0 Å². The van der Waals surface area contributed by atoms with Gasteiger partial charge in [-0.15, -0.1) is 13.2 Å². The summed E-state index contributed by atoms with van der Waals surface area (Å²) in [5, 5.41) is 13.2. The van der Waals surface area contributed by atoms with Gasteiger partial charge in [-0.3, -0.25) is 9.59 Å². The van der Waals surface area contributed by atoms with E-state index in [2.05, 4.69) is 10.1 Å². The molecule has 1 aliphatic heterocycles. The van der Waals surface area contributed by atoms with Crippen molar-refractivity contribution in [3.63, 3.8) is 0 Å². The summed E-state index contributed by atoms with van der Waals surface area (Å²) in [6.07, 6.45) is 0.467. The van der Waals surface area contributed by atoms with Crippen molar-refractivity contribution < 1.29 is 32.6 Å². The maximum Gasteiger partial charge on any atom is 0.573 e. The standard InChI is InChI=1S/C20H25F3N2O4/c21-20(22,23)29-16-7-5-15(6-8-16)24-18(27)19(28)9-11-25(12-10-19)17(26)13-14-3-1-2-4-14/h5-8,14,28H,1-4,9-13H2,(H,24,27). The Labute approximate surface area is 167 Å². The Hall–Kier alpha value is -2.29. The number of ether oxygens (including phenoxy) is 1. The van der Waals surface area contributed by atoms with Gasteiger partial charge in [0, 0.05) is 38.0 Å². The Bertz CT molecular complexity index is 722. The van der Waals surface area contributed by atoms with E-state index in [1.807, 2.05) is 0 Å². The van der Waals surface area contributed by atoms with Gasteiger partial charge in [0.2, 0.25) is 5.91 Å². The molecule has 0 unspecified atom stereocenters. The minimum atomic E-state index is -4.79. The fraction of sp³-hybridized carbons (Fsp3) is 0.600. The molecule has 0 spiro atoms. The number of carbonyl (C=O) groups excluding carboxylic acids is 2. The van der Waals surface area contributed by atoms with Gasteiger partial charge in [-0.25, -0.2) is 0 Å². The van der Waals surface area contributed by atoms with Crippen molar-refractivity contribution in [1.29, 1.82) is 0 Å². The third kappa shape index (κ3) is 5.85. The number of alkyl halides is 3. The molecule has 1 saturated carbocycles. The second kappa shape index (κ2) is 8.61. The number of benzene rings is 1. The van der Waals surface area contributed by atoms with Crippen LogP contribution in [0, 0.1) is 5.92 Å². The van der Waals surface area contributed by atoms with E-state index in [4.69, 9.17) is 0 Å². The first-order valence-electron chi connectivity index (χ1n) is 9.82. The van der Waals surface area contributed by atoms with Gasteiger partial charge in [0.25, 0.3) is 5.91 Å². The number of halogens is 3. The summed E-state index contributed by atoms with van der Waals surface area (Å²) in [4.78, 5) is 26.6. The van der Waals surface area contributed by atoms with Gasteiger partial charge in [-0.2, -0.15) is 0 Å². The molecule has 0 atom stereocenters. The first kappa shape index (κ1) is 21.4. The molecule has 29 heavy (non-hydrogen) atoms. The molecule has 9 heteroatoms. The maximum absolute atomic E-state index is 12.5. The number of hydrogen-bond acceptors (Lipinski definition) is 4. The average Bonchev–Trinajstić information content (AvgIpc) is 3.15. The van der Waals surface area contributed by atoms with Gasteiger partial charge >= 0.3 is 6.36 Å². The van der Waals surface area contributed by atoms with Crippen LogP contribution in [0.5, 0.6) is 5.75 Å². The second-order valence-electron chi connectivity index (χ2n) is 7.79. The minimum Gasteiger partial charge on any atom is -0.406 e. The molecule has 1 saturated heterocycles. The highest BCUT2D eigenvalue weighted by molar-refractivity contribution is 5.97. The summed E-state index contributed by atoms with van der Waals surface area (Å²) < 4.78 is 40.4. The van der Waals surface area contributed by atoms with E-state index < -0.39 is 23.6 Å². The first-order chi connectivity index (χ1) is 13.6. The minimum absolute atomic E-state index is 0.0691. The van der Waals surface area contributed by atoms with Gasteiger partial charge in [0.15, 0.2) is 0 Å². The molecule has 2 aliphatic rings. The Morgan fingerprint density at radius 2 is 1.72 bits per heavy atom. The number of piperidine rings is 1. The molecule has 1 aromatic rings. The zero-order valence-corrected chi connectivity index (χ0v) is 16.0. The molecule has 0 radical (unpaired) electrons. The van der Waals surface area contributed by atoms with Gasteiger partial charge < -0.3 is 20.1 Å². The van der Waals surface area contributed by atoms with Crippen molar-refractivity contribution >= 4 is 17.5 Å². The van der Waals surface area contributed by atoms with Crippen LogP contribution in [-0.4, -0.2) is 46.9 Å². The SMILES string of the molecule is O=C(CC1CCCC1)N1CCC(O)(C(=O)Nc2ccc(OC(F)(F)F)cc2)CC1. The number of nitrogens with one attached hydrogen (secondary N) is 1. The van der Waals surface area contributed by atoms with Crippen LogP contribution in [0.25, 0.3) is 0 Å². The number of nitrogens with zero attached hydrogens (tertiary/aromatic N) is 1. The third-order valence-electron chi connectivity index (χ3n) is 5.65. The summed E-state index contributed by atoms with van der Waals surface area (Å²) in [7, 11) is 0. The maximum atomic E-state index is 12.5. The van der Waals surface area contributed by atoms with Gasteiger partial charge in [0.05, 0.1) is 0 Å². The Kier molecular flexibility index (Phi) is 6.36. The molecule has 0 bridgehead atoms. The third-order valence-corrected chi connectivity index (χ3v) is 5.65. The fourth-order valence-corrected chi connectivity index (χ4v) is 3.93. The molecule has 1 aromatic carbocycles. The van der Waals surface area contributed by atoms with Crippen LogP contribution in [0.1, 0.15) is 44.9 Å². The molecule has 2 fully saturated rings. The summed E-state index contributed by atoms with van der Waals surface area (Å²) >= 11 is 0. The van der Waals surface area contributed by atoms with Gasteiger partial charge in [0.1, 0.15) is 11.4 Å². The largest absolute Gasteiger partial charge is 0.573 e. The Balaban J connectivity index is 1.50. The average molecular weight is 414 g/mol.